The van der Waals surface area contributed by atoms with Crippen molar-refractivity contribution in [3.8, 4) is 0 Å². The van der Waals surface area contributed by atoms with E-state index in [1.165, 1.54) is 0 Å². The lowest BCUT2D eigenvalue weighted by Crippen LogP contribution is -2.22. The van der Waals surface area contributed by atoms with Crippen LogP contribution in [0, 0.1) is 0 Å². The second-order valence-corrected chi connectivity index (χ2v) is 1.60. The maximum atomic E-state index is 3.69. The van der Waals surface area contributed by atoms with E-state index >= 15 is 0 Å². The van der Waals surface area contributed by atoms with Gasteiger partial charge in [0.2, 0.25) is 0 Å². The molecule has 0 aliphatic rings. The van der Waals surface area contributed by atoms with Gasteiger partial charge in [0.25, 0.3) is 0 Å². The highest BCUT2D eigenvalue weighted by atomic mass is 15.1. The largest absolute Gasteiger partial charge is 0.158 e. The topological polar surface area (TPSA) is 25.8 Å². The average molecular weight is 118 g/mol. The minimum absolute atomic E-state index is 0.806. The molecule has 0 spiro atoms. The molecule has 2 heteroatoms. The van der Waals surface area contributed by atoms with E-state index in [1.54, 1.807) is 12.4 Å². The fraction of sp³-hybridized carbons (Fsp3) is 0. The second kappa shape index (κ2) is 2.25. The number of nitrogens with zero attached hydrogens (tertiary/aromatic N) is 2. The molecule has 1 rings (SSSR count). The lowest BCUT2D eigenvalue weighted by molar-refractivity contribution is 1.01. The van der Waals surface area contributed by atoms with Crippen LogP contribution < -0.4 is 10.4 Å². The van der Waals surface area contributed by atoms with E-state index in [9.17, 15) is 0 Å². The van der Waals surface area contributed by atoms with E-state index in [-0.39, 0.29) is 0 Å². The third-order valence-corrected chi connectivity index (χ3v) is 1.00. The molecule has 1 aromatic heterocycles. The summed E-state index contributed by atoms with van der Waals surface area (Å²) in [5, 5.41) is 8.85. The molecule has 44 valence electrons. The maximum absolute atomic E-state index is 3.69. The minimum Gasteiger partial charge on any atom is -0.158 e. The van der Waals surface area contributed by atoms with Crippen LogP contribution in [0.1, 0.15) is 0 Å². The molecular formula is C7H6N2. The standard InChI is InChI=1S/C7H6N2/c1-3-7-5-9-8-4-6(7)2/h4-5H,1-2H2. The predicted molar refractivity (Wildman–Crippen MR) is 35.8 cm³/mol. The van der Waals surface area contributed by atoms with Gasteiger partial charge in [-0.15, -0.1) is 5.73 Å². The molecule has 0 saturated heterocycles. The zero-order valence-electron chi connectivity index (χ0n) is 4.96. The van der Waals surface area contributed by atoms with Gasteiger partial charge in [-0.2, -0.15) is 10.2 Å². The molecule has 0 aliphatic carbocycles. The van der Waals surface area contributed by atoms with Gasteiger partial charge in [-0.25, -0.2) is 0 Å². The third kappa shape index (κ3) is 1.04. The van der Waals surface area contributed by atoms with Crippen molar-refractivity contribution in [1.82, 2.24) is 10.2 Å². The Bertz CT molecular complexity index is 323. The molecule has 1 aromatic rings. The first-order valence-electron chi connectivity index (χ1n) is 2.50. The first-order chi connectivity index (χ1) is 4.34. The van der Waals surface area contributed by atoms with Gasteiger partial charge in [0.1, 0.15) is 0 Å². The molecule has 0 unspecified atom stereocenters. The highest BCUT2D eigenvalue weighted by molar-refractivity contribution is 5.16. The van der Waals surface area contributed by atoms with Crippen molar-refractivity contribution >= 4 is 12.3 Å². The third-order valence-electron chi connectivity index (χ3n) is 1.00. The van der Waals surface area contributed by atoms with Crippen LogP contribution >= 0.6 is 0 Å². The summed E-state index contributed by atoms with van der Waals surface area (Å²) in [5.41, 5.74) is 2.68. The quantitative estimate of drug-likeness (QED) is 0.457. The molecule has 0 radical (unpaired) electrons. The Hall–Kier alpha value is -1.40. The summed E-state index contributed by atoms with van der Waals surface area (Å²) < 4.78 is 0. The van der Waals surface area contributed by atoms with Crippen LogP contribution in [0.4, 0.5) is 0 Å². The van der Waals surface area contributed by atoms with Gasteiger partial charge >= 0.3 is 0 Å². The molecule has 0 aromatic carbocycles. The van der Waals surface area contributed by atoms with E-state index in [2.05, 4.69) is 29.1 Å². The smallest absolute Gasteiger partial charge is 0.0652 e. The molecule has 9 heavy (non-hydrogen) atoms. The Kier molecular flexibility index (Phi) is 1.43. The molecule has 0 aliphatic heterocycles. The molecule has 0 atom stereocenters. The van der Waals surface area contributed by atoms with Gasteiger partial charge in [0.15, 0.2) is 0 Å². The molecule has 0 amide bonds. The van der Waals surface area contributed by atoms with E-state index in [0.29, 0.717) is 0 Å². The summed E-state index contributed by atoms with van der Waals surface area (Å²) in [4.78, 5) is 0. The van der Waals surface area contributed by atoms with Crippen molar-refractivity contribution in [1.29, 1.82) is 0 Å². The van der Waals surface area contributed by atoms with E-state index in [1.807, 2.05) is 0 Å². The van der Waals surface area contributed by atoms with Crippen LogP contribution in [0.2, 0.25) is 0 Å². The summed E-state index contributed by atoms with van der Waals surface area (Å²) in [5.74, 6) is 0. The Labute approximate surface area is 52.9 Å². The Morgan fingerprint density at radius 2 is 2.00 bits per heavy atom. The summed E-state index contributed by atoms with van der Waals surface area (Å²) in [7, 11) is 0. The summed E-state index contributed by atoms with van der Waals surface area (Å²) in [6, 6.07) is 0. The maximum Gasteiger partial charge on any atom is 0.0652 e. The van der Waals surface area contributed by atoms with Crippen molar-refractivity contribution in [2.45, 2.75) is 0 Å². The SMILES string of the molecule is C=C=c1cnncc1=C. The van der Waals surface area contributed by atoms with Crippen LogP contribution in [0.3, 0.4) is 0 Å². The van der Waals surface area contributed by atoms with Gasteiger partial charge in [0.05, 0.1) is 12.4 Å². The molecule has 1 heterocycles. The highest BCUT2D eigenvalue weighted by Gasteiger charge is 1.76. The zero-order valence-corrected chi connectivity index (χ0v) is 4.96. The van der Waals surface area contributed by atoms with Crippen molar-refractivity contribution in [3.05, 3.63) is 29.4 Å². The van der Waals surface area contributed by atoms with Crippen LogP contribution in [0.15, 0.2) is 19.0 Å². The molecule has 2 nitrogen and oxygen atoms in total. The molecule has 0 fully saturated rings. The van der Waals surface area contributed by atoms with Gasteiger partial charge in [-0.05, 0) is 0 Å². The fourth-order valence-electron chi connectivity index (χ4n) is 0.506. The number of hydrogen-bond acceptors (Lipinski definition) is 2. The summed E-state index contributed by atoms with van der Waals surface area (Å²) in [6.45, 7) is 7.15. The van der Waals surface area contributed by atoms with E-state index < -0.39 is 0 Å². The molecule has 0 bridgehead atoms. The zero-order chi connectivity index (χ0) is 6.69. The predicted octanol–water partition coefficient (Wildman–Crippen LogP) is -0.548. The first-order valence-corrected chi connectivity index (χ1v) is 2.50. The van der Waals surface area contributed by atoms with Gasteiger partial charge in [-0.1, -0.05) is 13.2 Å². The average Bonchev–Trinajstić information content (AvgIpc) is 1.89. The minimum atomic E-state index is 0.806. The van der Waals surface area contributed by atoms with Crippen molar-refractivity contribution < 1.29 is 0 Å². The fourth-order valence-corrected chi connectivity index (χ4v) is 0.506. The normalized spacial score (nSPS) is 8.44. The van der Waals surface area contributed by atoms with E-state index in [4.69, 9.17) is 0 Å². The second-order valence-electron chi connectivity index (χ2n) is 1.60. The Morgan fingerprint density at radius 3 is 2.44 bits per heavy atom. The summed E-state index contributed by atoms with van der Waals surface area (Å²) >= 11 is 0. The lowest BCUT2D eigenvalue weighted by Gasteiger charge is -1.78. The lowest BCUT2D eigenvalue weighted by atomic mass is 10.4. The van der Waals surface area contributed by atoms with Crippen molar-refractivity contribution in [3.63, 3.8) is 0 Å². The van der Waals surface area contributed by atoms with Crippen LogP contribution in [-0.4, -0.2) is 10.2 Å². The molecule has 0 N–H and O–H groups in total. The van der Waals surface area contributed by atoms with Crippen molar-refractivity contribution in [2.75, 3.05) is 0 Å². The Balaban J connectivity index is 3.73. The van der Waals surface area contributed by atoms with Crippen LogP contribution in [-0.2, 0) is 0 Å². The van der Waals surface area contributed by atoms with Crippen LogP contribution in [0.5, 0.6) is 0 Å². The van der Waals surface area contributed by atoms with Crippen molar-refractivity contribution in [2.24, 2.45) is 0 Å². The van der Waals surface area contributed by atoms with Gasteiger partial charge in [-0.3, -0.25) is 0 Å². The highest BCUT2D eigenvalue weighted by Crippen LogP contribution is 1.50. The van der Waals surface area contributed by atoms with E-state index in [0.717, 1.165) is 10.4 Å². The molecule has 0 saturated carbocycles. The molecular weight excluding hydrogens is 112 g/mol. The summed E-state index contributed by atoms with van der Waals surface area (Å²) in [6.07, 6.45) is 3.16. The number of rotatable bonds is 0. The monoisotopic (exact) mass is 118 g/mol. The first kappa shape index (κ1) is 5.73. The number of aromatic nitrogens is 2. The van der Waals surface area contributed by atoms with Crippen LogP contribution in [0.25, 0.3) is 12.3 Å². The van der Waals surface area contributed by atoms with Gasteiger partial charge in [0, 0.05) is 10.4 Å². The Morgan fingerprint density at radius 1 is 1.33 bits per heavy atom. The number of hydrogen-bond donors (Lipinski definition) is 0. The van der Waals surface area contributed by atoms with Gasteiger partial charge < -0.3 is 0 Å².